The third-order valence-electron chi connectivity index (χ3n) is 6.43. The normalized spacial score (nSPS) is 19.9. The zero-order valence-corrected chi connectivity index (χ0v) is 20.2. The van der Waals surface area contributed by atoms with E-state index >= 15 is 0 Å². The first kappa shape index (κ1) is 22.5. The number of carbonyl (C=O) groups excluding carboxylic acids is 1. The SMILES string of the molecule is CC1C=C(COC(=O)Nc2c(C#Cc3nc4nc(C5(C(=O)O)CC5)oc4o3)nsc2C2CC2)C=CC1. The molecule has 11 heteroatoms. The van der Waals surface area contributed by atoms with E-state index in [0.717, 1.165) is 29.7 Å². The summed E-state index contributed by atoms with van der Waals surface area (Å²) >= 11 is 1.31. The maximum atomic E-state index is 12.6. The van der Waals surface area contributed by atoms with Crippen LogP contribution >= 0.6 is 11.5 Å². The van der Waals surface area contributed by atoms with Crippen LogP contribution < -0.4 is 5.32 Å². The van der Waals surface area contributed by atoms with Crippen molar-refractivity contribution in [2.45, 2.75) is 50.4 Å². The molecular formula is C25H22N4O6S. The number of hydrogen-bond donors (Lipinski definition) is 2. The monoisotopic (exact) mass is 506 g/mol. The first-order valence-electron chi connectivity index (χ1n) is 11.7. The highest BCUT2D eigenvalue weighted by atomic mass is 32.1. The Morgan fingerprint density at radius 1 is 1.28 bits per heavy atom. The molecule has 3 aliphatic carbocycles. The molecule has 0 aromatic carbocycles. The molecule has 0 aliphatic heterocycles. The van der Waals surface area contributed by atoms with Gasteiger partial charge in [-0.25, -0.2) is 4.79 Å². The molecule has 0 bridgehead atoms. The molecule has 1 unspecified atom stereocenters. The number of anilines is 1. The molecule has 6 rings (SSSR count). The summed E-state index contributed by atoms with van der Waals surface area (Å²) in [6.07, 6.45) is 9.59. The van der Waals surface area contributed by atoms with Crippen LogP contribution in [-0.2, 0) is 14.9 Å². The summed E-state index contributed by atoms with van der Waals surface area (Å²) in [6, 6.07) is 0. The van der Waals surface area contributed by atoms with Crippen molar-refractivity contribution >= 4 is 40.7 Å². The lowest BCUT2D eigenvalue weighted by molar-refractivity contribution is -0.140. The van der Waals surface area contributed by atoms with Crippen molar-refractivity contribution in [2.75, 3.05) is 11.9 Å². The van der Waals surface area contributed by atoms with E-state index in [-0.39, 0.29) is 29.8 Å². The number of carbonyl (C=O) groups is 2. The number of aromatic nitrogens is 3. The molecule has 3 aliphatic rings. The fourth-order valence-electron chi connectivity index (χ4n) is 4.10. The number of carboxylic acid groups (broad SMARTS) is 1. The minimum absolute atomic E-state index is 0.0288. The number of amides is 1. The second kappa shape index (κ2) is 8.64. The fraction of sp³-hybridized carbons (Fsp3) is 0.400. The van der Waals surface area contributed by atoms with Gasteiger partial charge in [0.15, 0.2) is 5.69 Å². The highest BCUT2D eigenvalue weighted by molar-refractivity contribution is 7.06. The third-order valence-corrected chi connectivity index (χ3v) is 7.44. The van der Waals surface area contributed by atoms with Crippen LogP contribution in [0.1, 0.15) is 67.3 Å². The Kier molecular flexibility index (Phi) is 5.41. The maximum absolute atomic E-state index is 12.6. The number of aliphatic carboxylic acids is 1. The molecule has 2 saturated carbocycles. The summed E-state index contributed by atoms with van der Waals surface area (Å²) in [5.74, 6) is 5.70. The van der Waals surface area contributed by atoms with E-state index in [2.05, 4.69) is 50.6 Å². The lowest BCUT2D eigenvalue weighted by Crippen LogP contribution is -2.19. The van der Waals surface area contributed by atoms with Crippen LogP contribution in [0.25, 0.3) is 11.4 Å². The van der Waals surface area contributed by atoms with Crippen molar-refractivity contribution in [3.05, 3.63) is 46.2 Å². The summed E-state index contributed by atoms with van der Waals surface area (Å²) < 4.78 is 20.9. The molecule has 0 spiro atoms. The Labute approximate surface area is 209 Å². The Morgan fingerprint density at radius 3 is 2.81 bits per heavy atom. The molecule has 3 aromatic heterocycles. The van der Waals surface area contributed by atoms with Crippen LogP contribution in [0, 0.1) is 17.8 Å². The van der Waals surface area contributed by atoms with Crippen molar-refractivity contribution in [1.29, 1.82) is 0 Å². The van der Waals surface area contributed by atoms with E-state index in [4.69, 9.17) is 13.6 Å². The summed E-state index contributed by atoms with van der Waals surface area (Å²) in [7, 11) is 0. The van der Waals surface area contributed by atoms with Gasteiger partial charge in [-0.2, -0.15) is 14.3 Å². The molecule has 0 radical (unpaired) electrons. The molecule has 2 N–H and O–H groups in total. The van der Waals surface area contributed by atoms with Gasteiger partial charge in [0.25, 0.3) is 5.89 Å². The van der Waals surface area contributed by atoms with Crippen LogP contribution in [0.5, 0.6) is 0 Å². The lowest BCUT2D eigenvalue weighted by atomic mass is 9.99. The third kappa shape index (κ3) is 4.28. The van der Waals surface area contributed by atoms with E-state index in [9.17, 15) is 14.7 Å². The molecule has 10 nitrogen and oxygen atoms in total. The average Bonchev–Trinajstić information content (AvgIpc) is 3.74. The van der Waals surface area contributed by atoms with Gasteiger partial charge >= 0.3 is 17.8 Å². The van der Waals surface area contributed by atoms with Crippen LogP contribution in [0.3, 0.4) is 0 Å². The summed E-state index contributed by atoms with van der Waals surface area (Å²) in [5.41, 5.74) is 1.01. The fourth-order valence-corrected chi connectivity index (χ4v) is 5.05. The summed E-state index contributed by atoms with van der Waals surface area (Å²) in [4.78, 5) is 33.4. The topological polar surface area (TPSA) is 141 Å². The Balaban J connectivity index is 1.18. The van der Waals surface area contributed by atoms with Crippen molar-refractivity contribution in [3.63, 3.8) is 0 Å². The molecule has 0 saturated heterocycles. The van der Waals surface area contributed by atoms with E-state index in [1.54, 1.807) is 0 Å². The first-order valence-corrected chi connectivity index (χ1v) is 12.5. The van der Waals surface area contributed by atoms with E-state index in [1.807, 2.05) is 6.08 Å². The number of allylic oxidation sites excluding steroid dienone is 2. The minimum atomic E-state index is -1.08. The standard InChI is InChI=1S/C25H22N4O6S/c1-13-3-2-4-14(11-13)12-33-24(32)27-18-16(29-36-19(18)15-5-6-15)7-8-17-26-20-21(34-17)35-22(28-20)25(9-10-25)23(30)31/h2,4,11,13,15H,3,5-6,9-10,12H2,1H3,(H,27,32)(H,30,31). The molecule has 3 heterocycles. The zero-order valence-electron chi connectivity index (χ0n) is 19.4. The molecular weight excluding hydrogens is 484 g/mol. The number of carboxylic acids is 1. The van der Waals surface area contributed by atoms with Gasteiger partial charge in [-0.05, 0) is 67.0 Å². The molecule has 36 heavy (non-hydrogen) atoms. The number of oxazole rings is 2. The number of fused-ring (bicyclic) bond motifs is 1. The molecule has 184 valence electrons. The smallest absolute Gasteiger partial charge is 0.412 e. The van der Waals surface area contributed by atoms with Gasteiger partial charge in [0.1, 0.15) is 12.0 Å². The zero-order chi connectivity index (χ0) is 24.9. The largest absolute Gasteiger partial charge is 0.480 e. The Hall–Kier alpha value is -3.91. The van der Waals surface area contributed by atoms with Gasteiger partial charge in [0, 0.05) is 5.92 Å². The highest BCUT2D eigenvalue weighted by Crippen LogP contribution is 2.49. The van der Waals surface area contributed by atoms with E-state index in [0.29, 0.717) is 36.1 Å². The molecule has 2 fully saturated rings. The van der Waals surface area contributed by atoms with Gasteiger partial charge in [-0.3, -0.25) is 10.1 Å². The number of rotatable bonds is 6. The van der Waals surface area contributed by atoms with Gasteiger partial charge in [-0.1, -0.05) is 25.2 Å². The van der Waals surface area contributed by atoms with Crippen molar-refractivity contribution in [3.8, 4) is 11.8 Å². The van der Waals surface area contributed by atoms with Crippen LogP contribution in [0.4, 0.5) is 10.5 Å². The lowest BCUT2D eigenvalue weighted by Gasteiger charge is -2.13. The maximum Gasteiger partial charge on any atom is 0.412 e. The van der Waals surface area contributed by atoms with Gasteiger partial charge in [-0.15, -0.1) is 0 Å². The highest BCUT2D eigenvalue weighted by Gasteiger charge is 2.56. The number of nitrogens with one attached hydrogen (secondary N) is 1. The van der Waals surface area contributed by atoms with Gasteiger partial charge in [0.2, 0.25) is 11.5 Å². The summed E-state index contributed by atoms with van der Waals surface area (Å²) in [6.45, 7) is 2.31. The van der Waals surface area contributed by atoms with Crippen molar-refractivity contribution in [2.24, 2.45) is 5.92 Å². The van der Waals surface area contributed by atoms with Gasteiger partial charge < -0.3 is 18.7 Å². The first-order chi connectivity index (χ1) is 17.4. The van der Waals surface area contributed by atoms with Crippen molar-refractivity contribution in [1.82, 2.24) is 14.3 Å². The van der Waals surface area contributed by atoms with E-state index < -0.39 is 17.5 Å². The number of hydrogen-bond acceptors (Lipinski definition) is 9. The number of nitrogens with zero attached hydrogens (tertiary/aromatic N) is 3. The van der Waals surface area contributed by atoms with Gasteiger partial charge in [0.05, 0.1) is 10.6 Å². The Bertz CT molecular complexity index is 1460. The summed E-state index contributed by atoms with van der Waals surface area (Å²) in [5, 5.41) is 12.2. The van der Waals surface area contributed by atoms with Crippen LogP contribution in [0.2, 0.25) is 0 Å². The second-order valence-corrected chi connectivity index (χ2v) is 10.2. The molecule has 1 amide bonds. The molecule has 1 atom stereocenters. The Morgan fingerprint density at radius 2 is 2.11 bits per heavy atom. The van der Waals surface area contributed by atoms with Crippen LogP contribution in [0.15, 0.2) is 32.6 Å². The van der Waals surface area contributed by atoms with Crippen molar-refractivity contribution < 1.29 is 28.3 Å². The predicted molar refractivity (Wildman–Crippen MR) is 129 cm³/mol. The second-order valence-electron chi connectivity index (χ2n) is 9.39. The van der Waals surface area contributed by atoms with Crippen LogP contribution in [-0.4, -0.2) is 38.1 Å². The van der Waals surface area contributed by atoms with E-state index in [1.165, 1.54) is 11.5 Å². The molecule has 3 aromatic rings. The quantitative estimate of drug-likeness (QED) is 0.454. The number of ether oxygens (including phenoxy) is 1. The minimum Gasteiger partial charge on any atom is -0.480 e. The predicted octanol–water partition coefficient (Wildman–Crippen LogP) is 4.74. The average molecular weight is 507 g/mol.